The Morgan fingerprint density at radius 2 is 1.76 bits per heavy atom. The third-order valence-electron chi connectivity index (χ3n) is 7.04. The molecule has 1 unspecified atom stereocenters. The summed E-state index contributed by atoms with van der Waals surface area (Å²) in [5, 5.41) is 10.4. The highest BCUT2D eigenvalue weighted by Crippen LogP contribution is 2.31. The van der Waals surface area contributed by atoms with Gasteiger partial charge in [0.1, 0.15) is 0 Å². The second-order valence-corrected chi connectivity index (χ2v) is 9.39. The number of carbonyl (C=O) groups is 1. The van der Waals surface area contributed by atoms with E-state index in [-0.39, 0.29) is 5.75 Å². The van der Waals surface area contributed by atoms with Crippen LogP contribution in [0, 0.1) is 5.92 Å². The number of methoxy groups -OCH3 is 1. The SMILES string of the molecule is COc1cccc(CN2CCCC(CCC(=O)N3CCN(Cc4ccccc4)CC3)C2)c1O. The first-order valence-electron chi connectivity index (χ1n) is 12.2. The van der Waals surface area contributed by atoms with Crippen LogP contribution in [-0.4, -0.2) is 72.1 Å². The summed E-state index contributed by atoms with van der Waals surface area (Å²) in [4.78, 5) is 19.7. The zero-order valence-corrected chi connectivity index (χ0v) is 19.8. The number of piperidine rings is 1. The summed E-state index contributed by atoms with van der Waals surface area (Å²) in [6.45, 7) is 7.25. The summed E-state index contributed by atoms with van der Waals surface area (Å²) in [5.74, 6) is 1.60. The lowest BCUT2D eigenvalue weighted by atomic mass is 9.92. The molecule has 0 aromatic heterocycles. The fourth-order valence-electron chi connectivity index (χ4n) is 5.11. The first-order valence-corrected chi connectivity index (χ1v) is 12.2. The first kappa shape index (κ1) is 23.6. The summed E-state index contributed by atoms with van der Waals surface area (Å²) in [6.07, 6.45) is 3.91. The van der Waals surface area contributed by atoms with Gasteiger partial charge in [0.05, 0.1) is 7.11 Å². The number of nitrogens with zero attached hydrogens (tertiary/aromatic N) is 3. The molecule has 0 radical (unpaired) electrons. The zero-order chi connectivity index (χ0) is 23.0. The van der Waals surface area contributed by atoms with Gasteiger partial charge in [0, 0.05) is 57.8 Å². The number of carbonyl (C=O) groups excluding carboxylic acids is 1. The Morgan fingerprint density at radius 3 is 2.52 bits per heavy atom. The van der Waals surface area contributed by atoms with Gasteiger partial charge in [-0.05, 0) is 43.4 Å². The smallest absolute Gasteiger partial charge is 0.222 e. The van der Waals surface area contributed by atoms with Crippen LogP contribution in [0.1, 0.15) is 36.8 Å². The number of phenols is 1. The molecule has 1 N–H and O–H groups in total. The molecule has 2 heterocycles. The number of likely N-dealkylation sites (tertiary alicyclic amines) is 1. The molecule has 4 rings (SSSR count). The second-order valence-electron chi connectivity index (χ2n) is 9.39. The van der Waals surface area contributed by atoms with E-state index in [0.717, 1.165) is 70.8 Å². The molecule has 0 saturated carbocycles. The van der Waals surface area contributed by atoms with Gasteiger partial charge in [0.15, 0.2) is 11.5 Å². The maximum atomic E-state index is 12.8. The van der Waals surface area contributed by atoms with Gasteiger partial charge in [-0.25, -0.2) is 0 Å². The fraction of sp³-hybridized carbons (Fsp3) is 0.519. The third kappa shape index (κ3) is 6.49. The van der Waals surface area contributed by atoms with Gasteiger partial charge in [-0.15, -0.1) is 0 Å². The van der Waals surface area contributed by atoms with Crippen molar-refractivity contribution >= 4 is 5.91 Å². The molecule has 2 aliphatic heterocycles. The van der Waals surface area contributed by atoms with E-state index < -0.39 is 0 Å². The lowest BCUT2D eigenvalue weighted by Gasteiger charge is -2.36. The van der Waals surface area contributed by atoms with Crippen molar-refractivity contribution in [2.45, 2.75) is 38.8 Å². The first-order chi connectivity index (χ1) is 16.1. The number of hydrogen-bond donors (Lipinski definition) is 1. The van der Waals surface area contributed by atoms with Crippen molar-refractivity contribution in [3.8, 4) is 11.5 Å². The van der Waals surface area contributed by atoms with Crippen LogP contribution in [0.15, 0.2) is 48.5 Å². The molecule has 1 atom stereocenters. The molecule has 0 bridgehead atoms. The van der Waals surface area contributed by atoms with Crippen LogP contribution in [0.3, 0.4) is 0 Å². The molecule has 1 amide bonds. The van der Waals surface area contributed by atoms with Gasteiger partial charge < -0.3 is 14.7 Å². The average Bonchev–Trinajstić information content (AvgIpc) is 2.85. The summed E-state index contributed by atoms with van der Waals surface area (Å²) >= 11 is 0. The monoisotopic (exact) mass is 451 g/mol. The van der Waals surface area contributed by atoms with Crippen molar-refractivity contribution < 1.29 is 14.6 Å². The standard InChI is InChI=1S/C27H37N3O3/c1-33-25-11-5-10-24(27(25)32)21-29-14-6-9-23(20-29)12-13-26(31)30-17-15-28(16-18-30)19-22-7-3-2-4-8-22/h2-5,7-8,10-11,23,32H,6,9,12-21H2,1H3. The molecule has 178 valence electrons. The van der Waals surface area contributed by atoms with Crippen LogP contribution in [0.25, 0.3) is 0 Å². The van der Waals surface area contributed by atoms with E-state index in [9.17, 15) is 9.90 Å². The maximum absolute atomic E-state index is 12.8. The highest BCUT2D eigenvalue weighted by molar-refractivity contribution is 5.76. The van der Waals surface area contributed by atoms with Gasteiger partial charge in [-0.2, -0.15) is 0 Å². The van der Waals surface area contributed by atoms with Crippen molar-refractivity contribution in [2.75, 3.05) is 46.4 Å². The molecule has 2 aliphatic rings. The largest absolute Gasteiger partial charge is 0.504 e. The van der Waals surface area contributed by atoms with Crippen LogP contribution in [0.4, 0.5) is 0 Å². The lowest BCUT2D eigenvalue weighted by molar-refractivity contribution is -0.133. The van der Waals surface area contributed by atoms with Crippen LogP contribution in [0.5, 0.6) is 11.5 Å². The molecular weight excluding hydrogens is 414 g/mol. The van der Waals surface area contributed by atoms with Gasteiger partial charge >= 0.3 is 0 Å². The van der Waals surface area contributed by atoms with Crippen LogP contribution in [-0.2, 0) is 17.9 Å². The summed E-state index contributed by atoms with van der Waals surface area (Å²) in [6, 6.07) is 16.2. The van der Waals surface area contributed by atoms with E-state index >= 15 is 0 Å². The van der Waals surface area contributed by atoms with Crippen molar-refractivity contribution in [1.29, 1.82) is 0 Å². The van der Waals surface area contributed by atoms with Crippen LogP contribution < -0.4 is 4.74 Å². The van der Waals surface area contributed by atoms with Gasteiger partial charge in [-0.3, -0.25) is 14.6 Å². The molecule has 33 heavy (non-hydrogen) atoms. The quantitative estimate of drug-likeness (QED) is 0.663. The minimum Gasteiger partial charge on any atom is -0.504 e. The van der Waals surface area contributed by atoms with E-state index in [0.29, 0.717) is 24.0 Å². The predicted octanol–water partition coefficient (Wildman–Crippen LogP) is 3.74. The topological polar surface area (TPSA) is 56.2 Å². The van der Waals surface area contributed by atoms with Crippen LogP contribution >= 0.6 is 0 Å². The van der Waals surface area contributed by atoms with E-state index in [4.69, 9.17) is 4.74 Å². The number of amides is 1. The van der Waals surface area contributed by atoms with E-state index in [1.54, 1.807) is 13.2 Å². The molecule has 2 fully saturated rings. The Balaban J connectivity index is 1.19. The van der Waals surface area contributed by atoms with Gasteiger partial charge in [0.25, 0.3) is 0 Å². The third-order valence-corrected chi connectivity index (χ3v) is 7.04. The number of piperazine rings is 1. The number of aromatic hydroxyl groups is 1. The molecule has 0 spiro atoms. The zero-order valence-electron chi connectivity index (χ0n) is 19.8. The van der Waals surface area contributed by atoms with Crippen molar-refractivity contribution in [3.63, 3.8) is 0 Å². The van der Waals surface area contributed by atoms with Crippen molar-refractivity contribution in [3.05, 3.63) is 59.7 Å². The molecule has 2 aromatic rings. The highest BCUT2D eigenvalue weighted by Gasteiger charge is 2.25. The normalized spacial score (nSPS) is 20.0. The minimum atomic E-state index is 0.240. The molecule has 2 saturated heterocycles. The van der Waals surface area contributed by atoms with Crippen molar-refractivity contribution in [2.24, 2.45) is 5.92 Å². The van der Waals surface area contributed by atoms with Crippen molar-refractivity contribution in [1.82, 2.24) is 14.7 Å². The van der Waals surface area contributed by atoms with Crippen LogP contribution in [0.2, 0.25) is 0 Å². The Morgan fingerprint density at radius 1 is 0.970 bits per heavy atom. The Bertz CT molecular complexity index is 897. The number of hydrogen-bond acceptors (Lipinski definition) is 5. The van der Waals surface area contributed by atoms with E-state index in [1.165, 1.54) is 12.0 Å². The number of para-hydroxylation sites is 1. The van der Waals surface area contributed by atoms with Gasteiger partial charge in [-0.1, -0.05) is 42.5 Å². The molecular formula is C27H37N3O3. The molecule has 2 aromatic carbocycles. The molecule has 0 aliphatic carbocycles. The summed E-state index contributed by atoms with van der Waals surface area (Å²) < 4.78 is 5.24. The highest BCUT2D eigenvalue weighted by atomic mass is 16.5. The van der Waals surface area contributed by atoms with E-state index in [1.807, 2.05) is 18.2 Å². The minimum absolute atomic E-state index is 0.240. The number of phenolic OH excluding ortho intramolecular Hbond substituents is 1. The summed E-state index contributed by atoms with van der Waals surface area (Å²) in [5.41, 5.74) is 2.24. The van der Waals surface area contributed by atoms with E-state index in [2.05, 4.69) is 39.0 Å². The maximum Gasteiger partial charge on any atom is 0.222 e. The number of ether oxygens (including phenoxy) is 1. The number of benzene rings is 2. The fourth-order valence-corrected chi connectivity index (χ4v) is 5.11. The second kappa shape index (κ2) is 11.5. The van der Waals surface area contributed by atoms with Gasteiger partial charge in [0.2, 0.25) is 5.91 Å². The lowest BCUT2D eigenvalue weighted by Crippen LogP contribution is -2.48. The average molecular weight is 452 g/mol. The Kier molecular flexibility index (Phi) is 8.24. The number of rotatable bonds is 8. The summed E-state index contributed by atoms with van der Waals surface area (Å²) in [7, 11) is 1.58. The molecule has 6 nitrogen and oxygen atoms in total. The Labute approximate surface area is 197 Å². The predicted molar refractivity (Wildman–Crippen MR) is 130 cm³/mol. The Hall–Kier alpha value is -2.57. The molecule has 6 heteroatoms.